The first-order valence-electron chi connectivity index (χ1n) is 7.95. The molecule has 124 valence electrons. The summed E-state index contributed by atoms with van der Waals surface area (Å²) < 4.78 is 5.15. The number of methoxy groups -OCH3 is 1. The van der Waals surface area contributed by atoms with Crippen LogP contribution in [0.3, 0.4) is 0 Å². The van der Waals surface area contributed by atoms with Gasteiger partial charge in [-0.2, -0.15) is 0 Å². The first-order valence-corrected chi connectivity index (χ1v) is 8.77. The fraction of sp³-hybridized carbons (Fsp3) is 0.750. The van der Waals surface area contributed by atoms with Gasteiger partial charge < -0.3 is 14.5 Å². The van der Waals surface area contributed by atoms with E-state index >= 15 is 0 Å². The normalized spacial score (nSPS) is 16.9. The van der Waals surface area contributed by atoms with Gasteiger partial charge in [-0.05, 0) is 53.2 Å². The minimum atomic E-state index is 0.0903. The topological polar surface area (TPSA) is 45.7 Å². The van der Waals surface area contributed by atoms with E-state index in [4.69, 9.17) is 4.74 Å². The molecule has 0 saturated carbocycles. The Labute approximate surface area is 137 Å². The van der Waals surface area contributed by atoms with Gasteiger partial charge in [0, 0.05) is 31.2 Å². The van der Waals surface area contributed by atoms with E-state index in [0.29, 0.717) is 18.3 Å². The molecule has 1 aliphatic heterocycles. The summed E-state index contributed by atoms with van der Waals surface area (Å²) in [6.07, 6.45) is 2.95. The number of ether oxygens (including phenoxy) is 1. The van der Waals surface area contributed by atoms with Gasteiger partial charge in [0.25, 0.3) is 5.91 Å². The van der Waals surface area contributed by atoms with Crippen molar-refractivity contribution in [3.05, 3.63) is 15.6 Å². The second-order valence-corrected chi connectivity index (χ2v) is 7.42. The molecule has 0 bridgehead atoms. The summed E-state index contributed by atoms with van der Waals surface area (Å²) >= 11 is 1.60. The van der Waals surface area contributed by atoms with Crippen molar-refractivity contribution in [2.45, 2.75) is 39.2 Å². The molecule has 1 aromatic rings. The van der Waals surface area contributed by atoms with Crippen LogP contribution in [0.4, 0.5) is 0 Å². The molecule has 5 nitrogen and oxygen atoms in total. The number of rotatable bonds is 6. The fourth-order valence-electron chi connectivity index (χ4n) is 3.00. The molecule has 0 aromatic carbocycles. The summed E-state index contributed by atoms with van der Waals surface area (Å²) in [5.41, 5.74) is 0.638. The van der Waals surface area contributed by atoms with Crippen LogP contribution in [-0.4, -0.2) is 67.1 Å². The van der Waals surface area contributed by atoms with Gasteiger partial charge in [-0.15, -0.1) is 11.3 Å². The van der Waals surface area contributed by atoms with E-state index in [2.05, 4.69) is 16.9 Å². The minimum Gasteiger partial charge on any atom is -0.385 e. The predicted molar refractivity (Wildman–Crippen MR) is 89.6 cm³/mol. The molecular formula is C16H27N3O2S. The molecule has 0 unspecified atom stereocenters. The van der Waals surface area contributed by atoms with Crippen LogP contribution in [0.2, 0.25) is 0 Å². The van der Waals surface area contributed by atoms with Crippen molar-refractivity contribution in [3.63, 3.8) is 0 Å². The molecule has 1 saturated heterocycles. The van der Waals surface area contributed by atoms with Gasteiger partial charge in [-0.1, -0.05) is 0 Å². The third-order valence-electron chi connectivity index (χ3n) is 4.24. The number of carbonyl (C=O) groups is 1. The Bertz CT molecular complexity index is 496. The predicted octanol–water partition coefficient (Wildman–Crippen LogP) is 2.33. The molecule has 0 atom stereocenters. The Morgan fingerprint density at radius 2 is 2.09 bits per heavy atom. The molecule has 0 radical (unpaired) electrons. The number of piperidine rings is 1. The lowest BCUT2D eigenvalue weighted by Gasteiger charge is -2.37. The first kappa shape index (κ1) is 17.4. The maximum Gasteiger partial charge on any atom is 0.273 e. The van der Waals surface area contributed by atoms with Crippen LogP contribution >= 0.6 is 11.3 Å². The van der Waals surface area contributed by atoms with Crippen LogP contribution in [0.1, 0.15) is 39.6 Å². The maximum atomic E-state index is 13.0. The Hall–Kier alpha value is -0.980. The number of thiazole rings is 1. The van der Waals surface area contributed by atoms with E-state index in [1.165, 1.54) is 0 Å². The van der Waals surface area contributed by atoms with Gasteiger partial charge in [0.05, 0.1) is 5.01 Å². The molecule has 0 spiro atoms. The third kappa shape index (κ3) is 4.27. The van der Waals surface area contributed by atoms with E-state index < -0.39 is 0 Å². The zero-order valence-corrected chi connectivity index (χ0v) is 14.9. The monoisotopic (exact) mass is 325 g/mol. The number of hydrogen-bond donors (Lipinski definition) is 0. The number of carbonyl (C=O) groups excluding carboxylic acids is 1. The smallest absolute Gasteiger partial charge is 0.273 e. The highest BCUT2D eigenvalue weighted by molar-refractivity contribution is 7.11. The Balaban J connectivity index is 2.12. The summed E-state index contributed by atoms with van der Waals surface area (Å²) in [6, 6.07) is 0.321. The zero-order valence-electron chi connectivity index (χ0n) is 14.1. The Morgan fingerprint density at radius 3 is 2.64 bits per heavy atom. The zero-order chi connectivity index (χ0) is 16.1. The van der Waals surface area contributed by atoms with E-state index in [9.17, 15) is 4.79 Å². The highest BCUT2D eigenvalue weighted by atomic mass is 32.1. The van der Waals surface area contributed by atoms with Crippen LogP contribution in [0.15, 0.2) is 0 Å². The number of likely N-dealkylation sites (tertiary alicyclic amines) is 1. The van der Waals surface area contributed by atoms with Crippen molar-refractivity contribution in [1.82, 2.24) is 14.8 Å². The van der Waals surface area contributed by atoms with Gasteiger partial charge in [0.2, 0.25) is 0 Å². The number of hydrogen-bond acceptors (Lipinski definition) is 5. The number of aryl methyl sites for hydroxylation is 2. The van der Waals surface area contributed by atoms with E-state index in [-0.39, 0.29) is 5.91 Å². The van der Waals surface area contributed by atoms with Crippen molar-refractivity contribution < 1.29 is 9.53 Å². The molecule has 1 fully saturated rings. The van der Waals surface area contributed by atoms with E-state index in [1.54, 1.807) is 18.4 Å². The van der Waals surface area contributed by atoms with Crippen LogP contribution in [0, 0.1) is 13.8 Å². The van der Waals surface area contributed by atoms with Crippen LogP contribution in [0.25, 0.3) is 0 Å². The lowest BCUT2D eigenvalue weighted by atomic mass is 10.0. The molecular weight excluding hydrogens is 298 g/mol. The molecule has 6 heteroatoms. The highest BCUT2D eigenvalue weighted by Crippen LogP contribution is 2.22. The first-order chi connectivity index (χ1) is 10.5. The summed E-state index contributed by atoms with van der Waals surface area (Å²) in [6.45, 7) is 7.48. The van der Waals surface area contributed by atoms with Crippen LogP contribution in [-0.2, 0) is 4.74 Å². The van der Waals surface area contributed by atoms with Crippen molar-refractivity contribution in [2.24, 2.45) is 0 Å². The van der Waals surface area contributed by atoms with Crippen molar-refractivity contribution in [1.29, 1.82) is 0 Å². The highest BCUT2D eigenvalue weighted by Gasteiger charge is 2.29. The summed E-state index contributed by atoms with van der Waals surface area (Å²) in [4.78, 5) is 22.8. The lowest BCUT2D eigenvalue weighted by Crippen LogP contribution is -2.47. The van der Waals surface area contributed by atoms with Gasteiger partial charge in [-0.3, -0.25) is 4.79 Å². The number of nitrogens with zero attached hydrogens (tertiary/aromatic N) is 3. The maximum absolute atomic E-state index is 13.0. The molecule has 2 heterocycles. The molecule has 1 aromatic heterocycles. The van der Waals surface area contributed by atoms with Crippen molar-refractivity contribution in [3.8, 4) is 0 Å². The number of amides is 1. The SMILES string of the molecule is COCCCN(C(=O)c1nc(C)sc1C)C1CCN(C)CC1. The second kappa shape index (κ2) is 8.04. The van der Waals surface area contributed by atoms with Crippen molar-refractivity contribution in [2.75, 3.05) is 40.4 Å². The second-order valence-electron chi connectivity index (χ2n) is 6.02. The fourth-order valence-corrected chi connectivity index (χ4v) is 3.81. The molecule has 1 amide bonds. The van der Waals surface area contributed by atoms with E-state index in [1.807, 2.05) is 18.7 Å². The van der Waals surface area contributed by atoms with Gasteiger partial charge in [0.1, 0.15) is 5.69 Å². The lowest BCUT2D eigenvalue weighted by molar-refractivity contribution is 0.0558. The van der Waals surface area contributed by atoms with Gasteiger partial charge in [-0.25, -0.2) is 4.98 Å². The molecule has 0 aliphatic carbocycles. The summed E-state index contributed by atoms with van der Waals surface area (Å²) in [5, 5.41) is 0.959. The largest absolute Gasteiger partial charge is 0.385 e. The Kier molecular flexibility index (Phi) is 6.35. The average Bonchev–Trinajstić information content (AvgIpc) is 2.83. The molecule has 2 rings (SSSR count). The average molecular weight is 325 g/mol. The Morgan fingerprint density at radius 1 is 1.41 bits per heavy atom. The third-order valence-corrected chi connectivity index (χ3v) is 5.13. The van der Waals surface area contributed by atoms with Gasteiger partial charge >= 0.3 is 0 Å². The number of aromatic nitrogens is 1. The van der Waals surface area contributed by atoms with Crippen molar-refractivity contribution >= 4 is 17.2 Å². The minimum absolute atomic E-state index is 0.0903. The van der Waals surface area contributed by atoms with E-state index in [0.717, 1.165) is 48.8 Å². The molecule has 0 N–H and O–H groups in total. The summed E-state index contributed by atoms with van der Waals surface area (Å²) in [7, 11) is 3.84. The molecule has 22 heavy (non-hydrogen) atoms. The summed E-state index contributed by atoms with van der Waals surface area (Å²) in [5.74, 6) is 0.0903. The van der Waals surface area contributed by atoms with Gasteiger partial charge in [0.15, 0.2) is 0 Å². The quantitative estimate of drug-likeness (QED) is 0.753. The van der Waals surface area contributed by atoms with Crippen LogP contribution < -0.4 is 0 Å². The van der Waals surface area contributed by atoms with Crippen LogP contribution in [0.5, 0.6) is 0 Å². The molecule has 1 aliphatic rings. The standard InChI is InChI=1S/C16H27N3O2S/c1-12-15(17-13(2)22-12)16(20)19(8-5-11-21-4)14-6-9-18(3)10-7-14/h14H,5-11H2,1-4H3.